The maximum atomic E-state index is 8.86. The molecular formula is C15H21N3O2Si. The number of aromatic nitrogens is 2. The predicted molar refractivity (Wildman–Crippen MR) is 87.8 cm³/mol. The molecular weight excluding hydrogens is 282 g/mol. The second-order valence-electron chi connectivity index (χ2n) is 6.15. The Morgan fingerprint density at radius 2 is 2.14 bits per heavy atom. The summed E-state index contributed by atoms with van der Waals surface area (Å²) in [5.74, 6) is 0.797. The van der Waals surface area contributed by atoms with E-state index in [1.165, 1.54) is 6.21 Å². The third kappa shape index (κ3) is 3.52. The second-order valence-corrected chi connectivity index (χ2v) is 11.1. The van der Waals surface area contributed by atoms with Gasteiger partial charge in [-0.3, -0.25) is 4.68 Å². The van der Waals surface area contributed by atoms with Gasteiger partial charge < -0.3 is 9.62 Å². The third-order valence-corrected chi connectivity index (χ3v) is 4.94. The van der Waals surface area contributed by atoms with Gasteiger partial charge in [0.05, 0.1) is 17.8 Å². The number of aryl methyl sites for hydroxylation is 2. The highest BCUT2D eigenvalue weighted by molar-refractivity contribution is 6.87. The Bertz CT molecular complexity index is 690. The van der Waals surface area contributed by atoms with Crippen LogP contribution in [0.4, 0.5) is 0 Å². The van der Waals surface area contributed by atoms with Crippen LogP contribution in [0.15, 0.2) is 28.0 Å². The molecule has 0 saturated heterocycles. The fourth-order valence-electron chi connectivity index (χ4n) is 1.98. The molecule has 112 valence electrons. The zero-order chi connectivity index (χ0) is 15.6. The molecule has 5 nitrogen and oxygen atoms in total. The fourth-order valence-corrected chi connectivity index (χ4v) is 3.04. The number of rotatable bonds is 4. The average molecular weight is 303 g/mol. The predicted octanol–water partition coefficient (Wildman–Crippen LogP) is 2.87. The lowest BCUT2D eigenvalue weighted by Crippen LogP contribution is -2.36. The minimum Gasteiger partial charge on any atom is -0.467 e. The fraction of sp³-hybridized carbons (Fsp3) is 0.333. The van der Waals surface area contributed by atoms with Gasteiger partial charge in [-0.05, 0) is 24.6 Å². The molecule has 1 N–H and O–H groups in total. The zero-order valence-corrected chi connectivity index (χ0v) is 14.1. The molecule has 0 aliphatic rings. The van der Waals surface area contributed by atoms with Crippen molar-refractivity contribution < 1.29 is 9.62 Å². The van der Waals surface area contributed by atoms with Crippen molar-refractivity contribution in [1.82, 2.24) is 9.78 Å². The van der Waals surface area contributed by atoms with Crippen LogP contribution in [-0.4, -0.2) is 29.3 Å². The molecule has 6 heteroatoms. The molecule has 0 unspecified atom stereocenters. The van der Waals surface area contributed by atoms with Crippen molar-refractivity contribution in [2.75, 3.05) is 0 Å². The van der Waals surface area contributed by atoms with E-state index < -0.39 is 8.07 Å². The van der Waals surface area contributed by atoms with Crippen molar-refractivity contribution in [2.24, 2.45) is 12.2 Å². The highest BCUT2D eigenvalue weighted by Gasteiger charge is 2.22. The Hall–Kier alpha value is -2.08. The second kappa shape index (κ2) is 5.73. The minimum absolute atomic E-state index is 0.755. The lowest BCUT2D eigenvalue weighted by Gasteiger charge is -2.10. The number of oxime groups is 1. The van der Waals surface area contributed by atoms with Gasteiger partial charge in [0, 0.05) is 24.4 Å². The van der Waals surface area contributed by atoms with Gasteiger partial charge in [0.1, 0.15) is 13.8 Å². The summed E-state index contributed by atoms with van der Waals surface area (Å²) in [4.78, 5) is 0. The largest absolute Gasteiger partial charge is 0.467 e. The summed E-state index contributed by atoms with van der Waals surface area (Å²) in [5, 5.41) is 17.2. The van der Waals surface area contributed by atoms with Crippen LogP contribution in [0.5, 0.6) is 0 Å². The Morgan fingerprint density at radius 1 is 1.43 bits per heavy atom. The summed E-state index contributed by atoms with van der Waals surface area (Å²) < 4.78 is 7.70. The van der Waals surface area contributed by atoms with Gasteiger partial charge in [-0.2, -0.15) is 5.10 Å². The van der Waals surface area contributed by atoms with Crippen molar-refractivity contribution in [1.29, 1.82) is 0 Å². The van der Waals surface area contributed by atoms with Gasteiger partial charge in [-0.25, -0.2) is 0 Å². The molecule has 0 spiro atoms. The van der Waals surface area contributed by atoms with E-state index in [-0.39, 0.29) is 0 Å². The molecule has 2 aromatic heterocycles. The summed E-state index contributed by atoms with van der Waals surface area (Å²) >= 11 is 0. The number of hydrogen-bond acceptors (Lipinski definition) is 4. The number of allylic oxidation sites excluding steroid dienone is 1. The maximum absolute atomic E-state index is 8.86. The highest BCUT2D eigenvalue weighted by atomic mass is 28.3. The van der Waals surface area contributed by atoms with Crippen LogP contribution in [0.25, 0.3) is 11.6 Å². The molecule has 2 heterocycles. The first kappa shape index (κ1) is 15.3. The van der Waals surface area contributed by atoms with Gasteiger partial charge in [-0.1, -0.05) is 24.8 Å². The Morgan fingerprint density at radius 3 is 2.62 bits per heavy atom. The van der Waals surface area contributed by atoms with Gasteiger partial charge in [0.25, 0.3) is 0 Å². The van der Waals surface area contributed by atoms with Crippen LogP contribution >= 0.6 is 0 Å². The molecule has 2 rings (SSSR count). The molecule has 0 atom stereocenters. The minimum atomic E-state index is -1.48. The number of nitrogens with zero attached hydrogens (tertiary/aromatic N) is 3. The number of hydrogen-bond donors (Lipinski definition) is 1. The summed E-state index contributed by atoms with van der Waals surface area (Å²) in [6.45, 7) is 8.76. The molecule has 0 aromatic carbocycles. The Labute approximate surface area is 125 Å². The van der Waals surface area contributed by atoms with E-state index in [1.54, 1.807) is 10.9 Å². The first-order valence-electron chi connectivity index (χ1n) is 6.80. The summed E-state index contributed by atoms with van der Waals surface area (Å²) in [6, 6.07) is 2.11. The van der Waals surface area contributed by atoms with Gasteiger partial charge in [0.2, 0.25) is 0 Å². The smallest absolute Gasteiger partial charge is 0.129 e. The molecule has 0 aliphatic heterocycles. The van der Waals surface area contributed by atoms with E-state index in [2.05, 4.69) is 36.0 Å². The van der Waals surface area contributed by atoms with E-state index in [0.29, 0.717) is 0 Å². The van der Waals surface area contributed by atoms with Crippen LogP contribution in [0.2, 0.25) is 19.6 Å². The van der Waals surface area contributed by atoms with E-state index in [9.17, 15) is 0 Å². The quantitative estimate of drug-likeness (QED) is 0.409. The van der Waals surface area contributed by atoms with Gasteiger partial charge >= 0.3 is 0 Å². The molecule has 21 heavy (non-hydrogen) atoms. The summed E-state index contributed by atoms with van der Waals surface area (Å²) in [6.07, 6.45) is 6.87. The van der Waals surface area contributed by atoms with Crippen LogP contribution in [0.1, 0.15) is 16.9 Å². The van der Waals surface area contributed by atoms with Gasteiger partial charge in [-0.15, -0.1) is 0 Å². The van der Waals surface area contributed by atoms with E-state index in [1.807, 2.05) is 26.2 Å². The summed E-state index contributed by atoms with van der Waals surface area (Å²) in [5.41, 5.74) is 2.71. The van der Waals surface area contributed by atoms with E-state index >= 15 is 0 Å². The van der Waals surface area contributed by atoms with E-state index in [4.69, 9.17) is 9.62 Å². The van der Waals surface area contributed by atoms with Crippen LogP contribution in [-0.2, 0) is 7.05 Å². The monoisotopic (exact) mass is 303 g/mol. The van der Waals surface area contributed by atoms with Crippen LogP contribution in [0.3, 0.4) is 0 Å². The SMILES string of the molecule is Cc1cc([Si](C)(C)C)oc1/C=C(\C=N\O)c1cnn(C)c1. The van der Waals surface area contributed by atoms with Crippen molar-refractivity contribution in [2.45, 2.75) is 26.6 Å². The highest BCUT2D eigenvalue weighted by Crippen LogP contribution is 2.20. The molecule has 0 saturated carbocycles. The molecule has 0 radical (unpaired) electrons. The van der Waals surface area contributed by atoms with Crippen molar-refractivity contribution in [3.63, 3.8) is 0 Å². The summed E-state index contributed by atoms with van der Waals surface area (Å²) in [7, 11) is 0.362. The molecule has 0 amide bonds. The van der Waals surface area contributed by atoms with Crippen LogP contribution in [0, 0.1) is 6.92 Å². The lowest BCUT2D eigenvalue weighted by molar-refractivity contribution is 0.322. The topological polar surface area (TPSA) is 63.6 Å². The maximum Gasteiger partial charge on any atom is 0.129 e. The Kier molecular flexibility index (Phi) is 4.18. The van der Waals surface area contributed by atoms with Crippen LogP contribution < -0.4 is 5.38 Å². The standard InChI is InChI=1S/C15H21N3O2Si/c1-11-6-15(21(3,4)5)20-14(11)7-12(9-17-19)13-8-16-18(2)10-13/h6-10,19H,1-5H3/b12-7+,17-9+. The van der Waals surface area contributed by atoms with Crippen molar-refractivity contribution >= 4 is 31.3 Å². The van der Waals surface area contributed by atoms with Crippen molar-refractivity contribution in [3.8, 4) is 0 Å². The molecule has 2 aromatic rings. The number of furan rings is 1. The zero-order valence-electron chi connectivity index (χ0n) is 13.1. The Balaban J connectivity index is 2.46. The molecule has 0 aliphatic carbocycles. The first-order valence-corrected chi connectivity index (χ1v) is 10.3. The molecule has 0 bridgehead atoms. The van der Waals surface area contributed by atoms with Crippen molar-refractivity contribution in [3.05, 3.63) is 35.3 Å². The first-order chi connectivity index (χ1) is 9.81. The lowest BCUT2D eigenvalue weighted by atomic mass is 10.1. The third-order valence-electron chi connectivity index (χ3n) is 3.22. The van der Waals surface area contributed by atoms with E-state index in [0.717, 1.165) is 27.8 Å². The van der Waals surface area contributed by atoms with Gasteiger partial charge in [0.15, 0.2) is 0 Å². The molecule has 0 fully saturated rings. The normalized spacial score (nSPS) is 13.3. The average Bonchev–Trinajstić information content (AvgIpc) is 2.95.